The van der Waals surface area contributed by atoms with Crippen LogP contribution in [0.4, 0.5) is 5.69 Å². The molecule has 0 saturated heterocycles. The van der Waals surface area contributed by atoms with Gasteiger partial charge in [0.25, 0.3) is 0 Å². The van der Waals surface area contributed by atoms with E-state index in [1.54, 1.807) is 0 Å². The van der Waals surface area contributed by atoms with Crippen molar-refractivity contribution in [3.05, 3.63) is 130 Å². The molecule has 6 heteroatoms. The molecule has 2 heterocycles. The lowest BCUT2D eigenvalue weighted by Crippen LogP contribution is -2.56. The maximum absolute atomic E-state index is 7.03. The third-order valence-corrected chi connectivity index (χ3v) is 8.55. The molecule has 4 nitrogen and oxygen atoms in total. The Morgan fingerprint density at radius 2 is 1.85 bits per heavy atom. The summed E-state index contributed by atoms with van der Waals surface area (Å²) in [5.41, 5.74) is 5.67. The van der Waals surface area contributed by atoms with Crippen LogP contribution in [0.1, 0.15) is 30.4 Å². The summed E-state index contributed by atoms with van der Waals surface area (Å²) in [6, 6.07) is 15.8. The molecule has 2 aromatic rings. The summed E-state index contributed by atoms with van der Waals surface area (Å²) in [6.07, 6.45) is 22.1. The summed E-state index contributed by atoms with van der Waals surface area (Å²) in [6.45, 7) is 0. The minimum Gasteiger partial charge on any atom is -0.488 e. The van der Waals surface area contributed by atoms with Crippen LogP contribution in [0.3, 0.4) is 0 Å². The smallest absolute Gasteiger partial charge is 0.167 e. The Bertz CT molecular complexity index is 1590. The largest absolute Gasteiger partial charge is 0.488 e. The number of alkyl halides is 1. The van der Waals surface area contributed by atoms with Gasteiger partial charge in [0.2, 0.25) is 0 Å². The molecule has 3 aliphatic carbocycles. The molecular formula is C34H28Cl2N2O2. The van der Waals surface area contributed by atoms with Gasteiger partial charge in [0.15, 0.2) is 11.5 Å². The van der Waals surface area contributed by atoms with Crippen molar-refractivity contribution < 1.29 is 9.47 Å². The van der Waals surface area contributed by atoms with Crippen LogP contribution in [-0.2, 0) is 4.74 Å². The average molecular weight is 568 g/mol. The molecule has 7 rings (SSSR count). The number of rotatable bonds is 4. The van der Waals surface area contributed by atoms with Crippen molar-refractivity contribution in [2.45, 2.75) is 36.8 Å². The molecule has 1 N–H and O–H groups in total. The fraction of sp³-hybridized carbons (Fsp3) is 0.206. The molecule has 2 aromatic carbocycles. The number of hydrogen-bond donors (Lipinski definition) is 1. The highest BCUT2D eigenvalue weighted by Gasteiger charge is 2.48. The zero-order valence-electron chi connectivity index (χ0n) is 21.8. The van der Waals surface area contributed by atoms with Gasteiger partial charge >= 0.3 is 0 Å². The van der Waals surface area contributed by atoms with E-state index in [2.05, 4.69) is 72.1 Å². The number of fused-ring (bicyclic) bond motifs is 3. The van der Waals surface area contributed by atoms with Crippen LogP contribution in [0.5, 0.6) is 5.75 Å². The Balaban J connectivity index is 1.11. The highest BCUT2D eigenvalue weighted by molar-refractivity contribution is 6.40. The summed E-state index contributed by atoms with van der Waals surface area (Å²) in [7, 11) is 0. The average Bonchev–Trinajstić information content (AvgIpc) is 3.01. The van der Waals surface area contributed by atoms with Crippen LogP contribution in [0.2, 0.25) is 0 Å². The third-order valence-electron chi connectivity index (χ3n) is 7.69. The molecule has 200 valence electrons. The fourth-order valence-corrected chi connectivity index (χ4v) is 6.21. The van der Waals surface area contributed by atoms with Crippen LogP contribution in [-0.4, -0.2) is 23.2 Å². The molecular weight excluding hydrogens is 539 g/mol. The van der Waals surface area contributed by atoms with E-state index in [0.717, 1.165) is 47.5 Å². The Kier molecular flexibility index (Phi) is 6.74. The predicted molar refractivity (Wildman–Crippen MR) is 164 cm³/mol. The number of aliphatic imine (C=N–C) groups is 1. The number of allylic oxidation sites excluding steroid dienone is 10. The maximum atomic E-state index is 7.03. The minimum absolute atomic E-state index is 0.250. The summed E-state index contributed by atoms with van der Waals surface area (Å²) >= 11 is 14.0. The van der Waals surface area contributed by atoms with Crippen molar-refractivity contribution in [3.63, 3.8) is 0 Å². The summed E-state index contributed by atoms with van der Waals surface area (Å²) in [4.78, 5) is 4.88. The molecule has 4 atom stereocenters. The van der Waals surface area contributed by atoms with Crippen LogP contribution in [0.15, 0.2) is 124 Å². The number of benzene rings is 2. The first-order valence-corrected chi connectivity index (χ1v) is 14.5. The van der Waals surface area contributed by atoms with Crippen molar-refractivity contribution in [1.82, 2.24) is 5.32 Å². The number of nitrogens with zero attached hydrogens (tertiary/aromatic N) is 1. The van der Waals surface area contributed by atoms with Crippen molar-refractivity contribution in [1.29, 1.82) is 0 Å². The van der Waals surface area contributed by atoms with E-state index in [0.29, 0.717) is 22.3 Å². The second-order valence-corrected chi connectivity index (χ2v) is 11.3. The lowest BCUT2D eigenvalue weighted by atomic mass is 9.89. The van der Waals surface area contributed by atoms with E-state index < -0.39 is 11.5 Å². The summed E-state index contributed by atoms with van der Waals surface area (Å²) in [5, 5.41) is 3.57. The standard InChI is InChI=1S/C34H28Cl2N2O2/c35-29-32-34(40-28-20-24(16-18-26(28)38-32)14-12-22-9-5-2-6-10-22)30(36)31-33(29)39-27-19-23(15-17-25(27)37-31)13-11-21-7-3-1-4-8-21/h1,3-5,7-19,24,30,32,34,38H,2,6,20H2/b13-11+,14-12+. The Morgan fingerprint density at radius 1 is 0.975 bits per heavy atom. The van der Waals surface area contributed by atoms with Crippen molar-refractivity contribution >= 4 is 46.8 Å². The third kappa shape index (κ3) is 4.87. The molecule has 0 amide bonds. The van der Waals surface area contributed by atoms with E-state index >= 15 is 0 Å². The molecule has 0 fully saturated rings. The molecule has 0 aromatic heterocycles. The first kappa shape index (κ1) is 25.3. The number of hydrogen-bond acceptors (Lipinski definition) is 4. The lowest BCUT2D eigenvalue weighted by molar-refractivity contribution is 0.0706. The Labute approximate surface area is 244 Å². The molecule has 4 unspecified atom stereocenters. The van der Waals surface area contributed by atoms with Gasteiger partial charge in [0.05, 0.1) is 10.7 Å². The second kappa shape index (κ2) is 10.7. The molecule has 0 spiro atoms. The van der Waals surface area contributed by atoms with Crippen LogP contribution in [0.25, 0.3) is 12.2 Å². The van der Waals surface area contributed by atoms with Crippen LogP contribution in [0, 0.1) is 5.92 Å². The number of halogens is 2. The zero-order chi connectivity index (χ0) is 27.1. The van der Waals surface area contributed by atoms with Crippen LogP contribution >= 0.6 is 23.2 Å². The van der Waals surface area contributed by atoms with Gasteiger partial charge in [0, 0.05) is 12.3 Å². The molecule has 0 bridgehead atoms. The van der Waals surface area contributed by atoms with Gasteiger partial charge in [-0.15, -0.1) is 11.6 Å². The molecule has 0 radical (unpaired) electrons. The second-order valence-electron chi connectivity index (χ2n) is 10.5. The van der Waals surface area contributed by atoms with Gasteiger partial charge in [-0.1, -0.05) is 96.6 Å². The fourth-order valence-electron chi connectivity index (χ4n) is 5.55. The van der Waals surface area contributed by atoms with Crippen molar-refractivity contribution in [3.8, 4) is 5.75 Å². The normalized spacial score (nSPS) is 26.8. The highest BCUT2D eigenvalue weighted by Crippen LogP contribution is 2.44. The van der Waals surface area contributed by atoms with E-state index in [1.165, 1.54) is 5.57 Å². The van der Waals surface area contributed by atoms with Gasteiger partial charge in [-0.05, 0) is 47.8 Å². The number of ether oxygens (including phenoxy) is 2. The summed E-state index contributed by atoms with van der Waals surface area (Å²) < 4.78 is 12.9. The lowest BCUT2D eigenvalue weighted by Gasteiger charge is -2.43. The van der Waals surface area contributed by atoms with Crippen molar-refractivity contribution in [2.75, 3.05) is 0 Å². The van der Waals surface area contributed by atoms with Gasteiger partial charge in [-0.2, -0.15) is 0 Å². The molecule has 5 aliphatic rings. The Hall–Kier alpha value is -3.73. The SMILES string of the molecule is ClC1=C2Oc3cc(/C=C/c4ccccc4)ccc3N=C2C(Cl)C2OC3=C(C=CC(/C=C/C4=CCCC=C4)C3)NC12. The van der Waals surface area contributed by atoms with Gasteiger partial charge in [0.1, 0.15) is 34.7 Å². The first-order valence-electron chi connectivity index (χ1n) is 13.7. The molecule has 0 saturated carbocycles. The summed E-state index contributed by atoms with van der Waals surface area (Å²) in [5.74, 6) is 2.31. The maximum Gasteiger partial charge on any atom is 0.167 e. The van der Waals surface area contributed by atoms with E-state index in [9.17, 15) is 0 Å². The predicted octanol–water partition coefficient (Wildman–Crippen LogP) is 8.37. The minimum atomic E-state index is -0.521. The molecule has 2 aliphatic heterocycles. The van der Waals surface area contributed by atoms with Gasteiger partial charge in [-0.25, -0.2) is 4.99 Å². The number of nitrogens with one attached hydrogen (secondary N) is 1. The van der Waals surface area contributed by atoms with E-state index in [-0.39, 0.29) is 12.0 Å². The first-order chi connectivity index (χ1) is 19.6. The Morgan fingerprint density at radius 3 is 2.70 bits per heavy atom. The van der Waals surface area contributed by atoms with E-state index in [4.69, 9.17) is 37.7 Å². The topological polar surface area (TPSA) is 42.9 Å². The molecule has 40 heavy (non-hydrogen) atoms. The monoisotopic (exact) mass is 566 g/mol. The van der Waals surface area contributed by atoms with Crippen LogP contribution < -0.4 is 10.1 Å². The van der Waals surface area contributed by atoms with Gasteiger partial charge < -0.3 is 14.8 Å². The zero-order valence-corrected chi connectivity index (χ0v) is 23.3. The van der Waals surface area contributed by atoms with Gasteiger partial charge in [-0.3, -0.25) is 0 Å². The van der Waals surface area contributed by atoms with E-state index in [1.807, 2.05) is 36.4 Å². The quantitative estimate of drug-likeness (QED) is 0.298. The highest BCUT2D eigenvalue weighted by atomic mass is 35.5. The van der Waals surface area contributed by atoms with Crippen molar-refractivity contribution in [2.24, 2.45) is 10.9 Å².